The molecule has 0 spiro atoms. The van der Waals surface area contributed by atoms with Gasteiger partial charge in [-0.25, -0.2) is 0 Å². The molecule has 0 bridgehead atoms. The van der Waals surface area contributed by atoms with Crippen LogP contribution in [0, 0.1) is 0 Å². The summed E-state index contributed by atoms with van der Waals surface area (Å²) in [6, 6.07) is 12.5. The predicted octanol–water partition coefficient (Wildman–Crippen LogP) is 3.55. The van der Waals surface area contributed by atoms with Crippen LogP contribution in [0.2, 0.25) is 0 Å². The summed E-state index contributed by atoms with van der Waals surface area (Å²) in [5.74, 6) is 0. The zero-order chi connectivity index (χ0) is 13.9. The van der Waals surface area contributed by atoms with Crippen LogP contribution < -0.4 is 5.73 Å². The van der Waals surface area contributed by atoms with E-state index < -0.39 is 0 Å². The van der Waals surface area contributed by atoms with Crippen LogP contribution in [0.3, 0.4) is 0 Å². The molecule has 4 heteroatoms. The van der Waals surface area contributed by atoms with Crippen LogP contribution in [0.5, 0.6) is 0 Å². The van der Waals surface area contributed by atoms with Gasteiger partial charge in [0.2, 0.25) is 0 Å². The maximum atomic E-state index is 6.15. The van der Waals surface area contributed by atoms with Crippen molar-refractivity contribution >= 4 is 11.3 Å². The van der Waals surface area contributed by atoms with E-state index >= 15 is 0 Å². The Kier molecular flexibility index (Phi) is 3.67. The Bertz CT molecular complexity index is 656. The highest BCUT2D eigenvalue weighted by Gasteiger charge is 2.19. The van der Waals surface area contributed by atoms with Crippen molar-refractivity contribution in [2.75, 3.05) is 0 Å². The monoisotopic (exact) mass is 283 g/mol. The second-order valence-corrected chi connectivity index (χ2v) is 5.72. The third-order valence-corrected chi connectivity index (χ3v) is 4.08. The number of benzene rings is 1. The number of hydrogen-bond donors (Lipinski definition) is 1. The second-order valence-electron chi connectivity index (χ2n) is 4.94. The summed E-state index contributed by atoms with van der Waals surface area (Å²) in [4.78, 5) is 0. The highest BCUT2D eigenvalue weighted by Crippen LogP contribution is 2.26. The third kappa shape index (κ3) is 2.53. The molecule has 0 saturated heterocycles. The maximum absolute atomic E-state index is 6.15. The summed E-state index contributed by atoms with van der Waals surface area (Å²) in [5, 5.41) is 8.72. The van der Waals surface area contributed by atoms with Gasteiger partial charge in [-0.3, -0.25) is 4.68 Å². The van der Waals surface area contributed by atoms with Gasteiger partial charge < -0.3 is 5.73 Å². The standard InChI is InChI=1S/C16H17N3S/c1-12(17)16(14-7-8-20-11-14)19-10-15(9-18-19)13-5-3-2-4-6-13/h2-12,16H,17H2,1H3. The number of nitrogens with zero attached hydrogens (tertiary/aromatic N) is 2. The number of aromatic nitrogens is 2. The Morgan fingerprint density at radius 3 is 2.60 bits per heavy atom. The summed E-state index contributed by atoms with van der Waals surface area (Å²) in [5.41, 5.74) is 9.66. The molecule has 3 rings (SSSR count). The van der Waals surface area contributed by atoms with Gasteiger partial charge in [0.25, 0.3) is 0 Å². The van der Waals surface area contributed by atoms with Gasteiger partial charge in [0, 0.05) is 17.8 Å². The van der Waals surface area contributed by atoms with Gasteiger partial charge in [0.1, 0.15) is 0 Å². The van der Waals surface area contributed by atoms with Crippen LogP contribution in [0.15, 0.2) is 59.6 Å². The fourth-order valence-electron chi connectivity index (χ4n) is 2.41. The summed E-state index contributed by atoms with van der Waals surface area (Å²) >= 11 is 1.69. The number of nitrogens with two attached hydrogens (primary N) is 1. The van der Waals surface area contributed by atoms with E-state index in [0.29, 0.717) is 0 Å². The molecular formula is C16H17N3S. The smallest absolute Gasteiger partial charge is 0.0924 e. The van der Waals surface area contributed by atoms with Crippen molar-refractivity contribution in [1.82, 2.24) is 9.78 Å². The molecule has 0 radical (unpaired) electrons. The highest BCUT2D eigenvalue weighted by molar-refractivity contribution is 7.07. The van der Waals surface area contributed by atoms with E-state index in [1.807, 2.05) is 36.0 Å². The zero-order valence-electron chi connectivity index (χ0n) is 11.3. The van der Waals surface area contributed by atoms with E-state index in [-0.39, 0.29) is 12.1 Å². The molecule has 20 heavy (non-hydrogen) atoms. The molecule has 2 heterocycles. The summed E-state index contributed by atoms with van der Waals surface area (Å²) in [7, 11) is 0. The van der Waals surface area contributed by atoms with Crippen LogP contribution in [0.4, 0.5) is 0 Å². The van der Waals surface area contributed by atoms with Crippen molar-refractivity contribution in [3.63, 3.8) is 0 Å². The van der Waals surface area contributed by atoms with E-state index in [1.165, 1.54) is 11.1 Å². The van der Waals surface area contributed by atoms with Crippen LogP contribution in [0.25, 0.3) is 11.1 Å². The van der Waals surface area contributed by atoms with Crippen molar-refractivity contribution in [2.45, 2.75) is 19.0 Å². The number of thiophene rings is 1. The molecule has 3 nitrogen and oxygen atoms in total. The fourth-order valence-corrected chi connectivity index (χ4v) is 3.10. The highest BCUT2D eigenvalue weighted by atomic mass is 32.1. The van der Waals surface area contributed by atoms with Crippen LogP contribution in [0.1, 0.15) is 18.5 Å². The largest absolute Gasteiger partial charge is 0.326 e. The molecule has 0 amide bonds. The Labute approximate surface area is 122 Å². The van der Waals surface area contributed by atoms with Crippen LogP contribution in [-0.2, 0) is 0 Å². The first-order valence-electron chi connectivity index (χ1n) is 6.63. The van der Waals surface area contributed by atoms with Crippen LogP contribution >= 0.6 is 11.3 Å². The molecular weight excluding hydrogens is 266 g/mol. The van der Waals surface area contributed by atoms with Gasteiger partial charge in [0.15, 0.2) is 0 Å². The quantitative estimate of drug-likeness (QED) is 0.795. The van der Waals surface area contributed by atoms with Crippen molar-refractivity contribution in [3.8, 4) is 11.1 Å². The Morgan fingerprint density at radius 1 is 1.15 bits per heavy atom. The summed E-state index contributed by atoms with van der Waals surface area (Å²) in [6.07, 6.45) is 3.97. The predicted molar refractivity (Wildman–Crippen MR) is 83.8 cm³/mol. The van der Waals surface area contributed by atoms with Gasteiger partial charge >= 0.3 is 0 Å². The first-order valence-corrected chi connectivity index (χ1v) is 7.57. The molecule has 2 aromatic heterocycles. The summed E-state index contributed by atoms with van der Waals surface area (Å²) in [6.45, 7) is 2.02. The number of rotatable bonds is 4. The second kappa shape index (κ2) is 5.61. The molecule has 2 atom stereocenters. The maximum Gasteiger partial charge on any atom is 0.0924 e. The minimum Gasteiger partial charge on any atom is -0.326 e. The molecule has 0 fully saturated rings. The molecule has 102 valence electrons. The average Bonchev–Trinajstić information content (AvgIpc) is 3.12. The normalized spacial score (nSPS) is 14.1. The molecule has 0 saturated carbocycles. The van der Waals surface area contributed by atoms with Crippen molar-refractivity contribution < 1.29 is 0 Å². The van der Waals surface area contributed by atoms with Crippen LogP contribution in [-0.4, -0.2) is 15.8 Å². The molecule has 0 aliphatic rings. The lowest BCUT2D eigenvalue weighted by Gasteiger charge is -2.20. The van der Waals surface area contributed by atoms with E-state index in [9.17, 15) is 0 Å². The molecule has 0 aliphatic heterocycles. The van der Waals surface area contributed by atoms with Gasteiger partial charge in [-0.15, -0.1) is 0 Å². The lowest BCUT2D eigenvalue weighted by Crippen LogP contribution is -2.30. The zero-order valence-corrected chi connectivity index (χ0v) is 12.1. The Hall–Kier alpha value is -1.91. The first kappa shape index (κ1) is 13.1. The van der Waals surface area contributed by atoms with Crippen molar-refractivity contribution in [1.29, 1.82) is 0 Å². The van der Waals surface area contributed by atoms with Gasteiger partial charge in [-0.2, -0.15) is 16.4 Å². The fraction of sp³-hybridized carbons (Fsp3) is 0.188. The molecule has 2 N–H and O–H groups in total. The minimum absolute atomic E-state index is 0.00752. The average molecular weight is 283 g/mol. The van der Waals surface area contributed by atoms with Gasteiger partial charge in [-0.1, -0.05) is 30.3 Å². The molecule has 2 unspecified atom stereocenters. The van der Waals surface area contributed by atoms with Crippen molar-refractivity contribution in [3.05, 3.63) is 65.1 Å². The first-order chi connectivity index (χ1) is 9.75. The van der Waals surface area contributed by atoms with E-state index in [0.717, 1.165) is 5.56 Å². The third-order valence-electron chi connectivity index (χ3n) is 3.38. The SMILES string of the molecule is CC(N)C(c1ccsc1)n1cc(-c2ccccc2)cn1. The van der Waals surface area contributed by atoms with E-state index in [1.54, 1.807) is 11.3 Å². The Balaban J connectivity index is 1.96. The van der Waals surface area contributed by atoms with Gasteiger partial charge in [0.05, 0.1) is 12.2 Å². The Morgan fingerprint density at radius 2 is 1.95 bits per heavy atom. The molecule has 0 aliphatic carbocycles. The topological polar surface area (TPSA) is 43.8 Å². The van der Waals surface area contributed by atoms with Gasteiger partial charge in [-0.05, 0) is 34.9 Å². The minimum atomic E-state index is 0.00752. The van der Waals surface area contributed by atoms with Crippen molar-refractivity contribution in [2.24, 2.45) is 5.73 Å². The van der Waals surface area contributed by atoms with E-state index in [4.69, 9.17) is 5.73 Å². The lowest BCUT2D eigenvalue weighted by atomic mass is 10.0. The number of hydrogen-bond acceptors (Lipinski definition) is 3. The molecule has 1 aromatic carbocycles. The lowest BCUT2D eigenvalue weighted by molar-refractivity contribution is 0.455. The summed E-state index contributed by atoms with van der Waals surface area (Å²) < 4.78 is 1.97. The molecule has 3 aromatic rings. The van der Waals surface area contributed by atoms with E-state index in [2.05, 4.69) is 40.3 Å².